The number of cyclic esters (lactones) is 1. The van der Waals surface area contributed by atoms with E-state index in [1.165, 1.54) is 70.6 Å². The van der Waals surface area contributed by atoms with Gasteiger partial charge < -0.3 is 4.74 Å². The summed E-state index contributed by atoms with van der Waals surface area (Å²) in [5.74, 6) is 0.0283. The van der Waals surface area contributed by atoms with Crippen LogP contribution in [0.15, 0.2) is 0 Å². The van der Waals surface area contributed by atoms with Gasteiger partial charge in [-0.2, -0.15) is 0 Å². The molecule has 1 fully saturated rings. The fourth-order valence-corrected chi connectivity index (χ4v) is 3.18. The maximum Gasteiger partial charge on any atom is 0.306 e. The number of unbranched alkanes of at least 4 members (excludes halogenated alkanes) is 10. The van der Waals surface area contributed by atoms with Crippen molar-refractivity contribution in [3.05, 3.63) is 0 Å². The summed E-state index contributed by atoms with van der Waals surface area (Å²) in [6.45, 7) is 2.27. The van der Waals surface area contributed by atoms with E-state index in [0.717, 1.165) is 25.7 Å². The molecule has 1 heterocycles. The Bertz CT molecular complexity index is 250. The lowest BCUT2D eigenvalue weighted by Crippen LogP contribution is -2.15. The minimum absolute atomic E-state index is 0.0283. The number of carbonyl (C=O) groups excluding carboxylic acids is 1. The molecule has 1 aliphatic heterocycles. The Balaban J connectivity index is 1.82. The maximum atomic E-state index is 11.4. The highest BCUT2D eigenvalue weighted by Gasteiger charge is 2.17. The monoisotopic (exact) mass is 296 g/mol. The van der Waals surface area contributed by atoms with Crippen molar-refractivity contribution in [2.24, 2.45) is 0 Å². The summed E-state index contributed by atoms with van der Waals surface area (Å²) in [6, 6.07) is 0. The molecule has 0 aromatic carbocycles. The highest BCUT2D eigenvalue weighted by atomic mass is 16.5. The normalized spacial score (nSPS) is 19.3. The van der Waals surface area contributed by atoms with E-state index < -0.39 is 0 Å². The average Bonchev–Trinajstić information content (AvgIpc) is 2.69. The zero-order chi connectivity index (χ0) is 15.2. The highest BCUT2D eigenvalue weighted by Crippen LogP contribution is 2.19. The third-order valence-corrected chi connectivity index (χ3v) is 4.58. The van der Waals surface area contributed by atoms with Crippen molar-refractivity contribution in [2.75, 3.05) is 0 Å². The minimum Gasteiger partial charge on any atom is -0.462 e. The van der Waals surface area contributed by atoms with Crippen molar-refractivity contribution in [1.29, 1.82) is 0 Å². The molecule has 124 valence electrons. The summed E-state index contributed by atoms with van der Waals surface area (Å²) in [7, 11) is 0. The summed E-state index contributed by atoms with van der Waals surface area (Å²) < 4.78 is 5.46. The molecule has 0 aromatic heterocycles. The molecular weight excluding hydrogens is 260 g/mol. The standard InChI is InChI=1S/C19H36O2/c1-2-3-4-5-6-7-8-9-10-11-12-15-18-16-13-14-17-19(20)21-18/h18H,2-17H2,1H3. The molecule has 21 heavy (non-hydrogen) atoms. The average molecular weight is 296 g/mol. The fraction of sp³-hybridized carbons (Fsp3) is 0.947. The number of hydrogen-bond donors (Lipinski definition) is 0. The van der Waals surface area contributed by atoms with Gasteiger partial charge in [-0.05, 0) is 32.1 Å². The third-order valence-electron chi connectivity index (χ3n) is 4.58. The van der Waals surface area contributed by atoms with Gasteiger partial charge in [-0.3, -0.25) is 4.79 Å². The smallest absolute Gasteiger partial charge is 0.306 e. The zero-order valence-corrected chi connectivity index (χ0v) is 14.2. The molecule has 1 aliphatic rings. The first-order chi connectivity index (χ1) is 10.3. The van der Waals surface area contributed by atoms with Gasteiger partial charge in [0.15, 0.2) is 0 Å². The van der Waals surface area contributed by atoms with E-state index in [1.807, 2.05) is 0 Å². The number of carbonyl (C=O) groups is 1. The second-order valence-electron chi connectivity index (χ2n) is 6.68. The Hall–Kier alpha value is -0.530. The molecule has 0 bridgehead atoms. The molecule has 1 rings (SSSR count). The molecule has 0 aliphatic carbocycles. The molecule has 0 N–H and O–H groups in total. The van der Waals surface area contributed by atoms with Crippen LogP contribution in [0.5, 0.6) is 0 Å². The van der Waals surface area contributed by atoms with Crippen LogP contribution in [0.4, 0.5) is 0 Å². The van der Waals surface area contributed by atoms with Crippen molar-refractivity contribution in [1.82, 2.24) is 0 Å². The molecular formula is C19H36O2. The SMILES string of the molecule is CCCCCCCCCCCCCC1CCCCC(=O)O1. The zero-order valence-electron chi connectivity index (χ0n) is 14.2. The minimum atomic E-state index is 0.0283. The molecule has 0 spiro atoms. The largest absolute Gasteiger partial charge is 0.462 e. The second-order valence-corrected chi connectivity index (χ2v) is 6.68. The van der Waals surface area contributed by atoms with Crippen LogP contribution in [0.3, 0.4) is 0 Å². The van der Waals surface area contributed by atoms with Crippen molar-refractivity contribution in [3.63, 3.8) is 0 Å². The van der Waals surface area contributed by atoms with Gasteiger partial charge in [0.05, 0.1) is 0 Å². The van der Waals surface area contributed by atoms with Crippen molar-refractivity contribution < 1.29 is 9.53 Å². The predicted octanol–water partition coefficient (Wildman–Crippen LogP) is 6.17. The predicted molar refractivity (Wildman–Crippen MR) is 89.4 cm³/mol. The topological polar surface area (TPSA) is 26.3 Å². The van der Waals surface area contributed by atoms with Crippen LogP contribution in [0.1, 0.15) is 110 Å². The molecule has 2 nitrogen and oxygen atoms in total. The Morgan fingerprint density at radius 2 is 1.43 bits per heavy atom. The van der Waals surface area contributed by atoms with Gasteiger partial charge in [0, 0.05) is 6.42 Å². The second kappa shape index (κ2) is 13.2. The van der Waals surface area contributed by atoms with Crippen LogP contribution >= 0.6 is 0 Å². The molecule has 0 radical (unpaired) electrons. The van der Waals surface area contributed by atoms with E-state index in [2.05, 4.69) is 6.92 Å². The summed E-state index contributed by atoms with van der Waals surface area (Å²) in [6.07, 6.45) is 20.4. The van der Waals surface area contributed by atoms with Gasteiger partial charge in [-0.1, -0.05) is 71.1 Å². The number of rotatable bonds is 12. The van der Waals surface area contributed by atoms with E-state index >= 15 is 0 Å². The fourth-order valence-electron chi connectivity index (χ4n) is 3.18. The van der Waals surface area contributed by atoms with E-state index in [-0.39, 0.29) is 12.1 Å². The van der Waals surface area contributed by atoms with Crippen LogP contribution in [-0.2, 0) is 9.53 Å². The van der Waals surface area contributed by atoms with Crippen LogP contribution in [-0.4, -0.2) is 12.1 Å². The van der Waals surface area contributed by atoms with Crippen LogP contribution < -0.4 is 0 Å². The van der Waals surface area contributed by atoms with Crippen LogP contribution in [0.25, 0.3) is 0 Å². The lowest BCUT2D eigenvalue weighted by molar-refractivity contribution is -0.148. The maximum absolute atomic E-state index is 11.4. The van der Waals surface area contributed by atoms with E-state index in [9.17, 15) is 4.79 Å². The third kappa shape index (κ3) is 10.8. The van der Waals surface area contributed by atoms with Crippen LogP contribution in [0, 0.1) is 0 Å². The van der Waals surface area contributed by atoms with Gasteiger partial charge in [-0.15, -0.1) is 0 Å². The molecule has 0 saturated carbocycles. The number of ether oxygens (including phenoxy) is 1. The Kier molecular flexibility index (Phi) is 11.6. The first-order valence-electron chi connectivity index (χ1n) is 9.52. The Morgan fingerprint density at radius 3 is 2.05 bits per heavy atom. The van der Waals surface area contributed by atoms with Crippen molar-refractivity contribution in [2.45, 2.75) is 116 Å². The first kappa shape index (κ1) is 18.5. The van der Waals surface area contributed by atoms with Gasteiger partial charge in [0.25, 0.3) is 0 Å². The quantitative estimate of drug-likeness (QED) is 0.318. The van der Waals surface area contributed by atoms with Crippen molar-refractivity contribution >= 4 is 5.97 Å². The van der Waals surface area contributed by atoms with Gasteiger partial charge in [0.2, 0.25) is 0 Å². The van der Waals surface area contributed by atoms with E-state index in [0.29, 0.717) is 6.42 Å². The molecule has 2 heteroatoms. The van der Waals surface area contributed by atoms with Gasteiger partial charge in [0.1, 0.15) is 6.10 Å². The first-order valence-corrected chi connectivity index (χ1v) is 9.52. The summed E-state index contributed by atoms with van der Waals surface area (Å²) in [4.78, 5) is 11.4. The van der Waals surface area contributed by atoms with E-state index in [4.69, 9.17) is 4.74 Å². The van der Waals surface area contributed by atoms with Gasteiger partial charge >= 0.3 is 5.97 Å². The summed E-state index contributed by atoms with van der Waals surface area (Å²) in [5.41, 5.74) is 0. The lowest BCUT2D eigenvalue weighted by atomic mass is 10.0. The summed E-state index contributed by atoms with van der Waals surface area (Å²) in [5, 5.41) is 0. The van der Waals surface area contributed by atoms with Gasteiger partial charge in [-0.25, -0.2) is 0 Å². The lowest BCUT2D eigenvalue weighted by Gasteiger charge is -2.14. The Morgan fingerprint density at radius 1 is 0.857 bits per heavy atom. The number of esters is 1. The molecule has 1 saturated heterocycles. The van der Waals surface area contributed by atoms with Crippen LogP contribution in [0.2, 0.25) is 0 Å². The highest BCUT2D eigenvalue weighted by molar-refractivity contribution is 5.69. The molecule has 0 aromatic rings. The molecule has 1 unspecified atom stereocenters. The Labute approximate surface area is 132 Å². The summed E-state index contributed by atoms with van der Waals surface area (Å²) >= 11 is 0. The van der Waals surface area contributed by atoms with Crippen molar-refractivity contribution in [3.8, 4) is 0 Å². The number of hydrogen-bond acceptors (Lipinski definition) is 2. The molecule has 1 atom stereocenters. The molecule has 0 amide bonds. The van der Waals surface area contributed by atoms with E-state index in [1.54, 1.807) is 0 Å².